The highest BCUT2D eigenvalue weighted by molar-refractivity contribution is 9.11. The zero-order valence-corrected chi connectivity index (χ0v) is 12.4. The van der Waals surface area contributed by atoms with Crippen molar-refractivity contribution in [2.45, 2.75) is 0 Å². The Morgan fingerprint density at radius 2 is 2.21 bits per heavy atom. The number of hydrazone groups is 1. The van der Waals surface area contributed by atoms with Gasteiger partial charge >= 0.3 is 5.69 Å². The Morgan fingerprint density at radius 3 is 2.95 bits per heavy atom. The number of aromatic amines is 1. The number of aromatic hydroxyl groups is 1. The topological polar surface area (TPSA) is 103 Å². The maximum absolute atomic E-state index is 10.9. The molecule has 0 aliphatic heterocycles. The van der Waals surface area contributed by atoms with Crippen LogP contribution in [0.25, 0.3) is 0 Å². The first-order valence-electron chi connectivity index (χ1n) is 4.95. The van der Waals surface area contributed by atoms with Gasteiger partial charge in [-0.25, -0.2) is 9.89 Å². The molecule has 2 rings (SSSR count). The van der Waals surface area contributed by atoms with E-state index < -0.39 is 5.69 Å². The number of hydrogen-bond donors (Lipinski definition) is 3. The number of nitrogens with one attached hydrogen (secondary N) is 2. The largest absolute Gasteiger partial charge is 0.506 e. The van der Waals surface area contributed by atoms with Gasteiger partial charge in [-0.1, -0.05) is 15.9 Å². The molecule has 1 heterocycles. The summed E-state index contributed by atoms with van der Waals surface area (Å²) in [5, 5.41) is 19.4. The minimum Gasteiger partial charge on any atom is -0.506 e. The number of phenolic OH excluding ortho intramolecular Hbond substituents is 1. The number of aromatic nitrogens is 3. The van der Waals surface area contributed by atoms with Crippen LogP contribution in [0.5, 0.6) is 5.75 Å². The van der Waals surface area contributed by atoms with E-state index in [4.69, 9.17) is 0 Å². The molecule has 0 saturated carbocycles. The summed E-state index contributed by atoms with van der Waals surface area (Å²) in [6.45, 7) is 0. The molecule has 0 radical (unpaired) electrons. The Hall–Kier alpha value is -1.74. The zero-order chi connectivity index (χ0) is 13.8. The molecule has 0 unspecified atom stereocenters. The number of rotatable bonds is 3. The Balaban J connectivity index is 2.18. The van der Waals surface area contributed by atoms with Gasteiger partial charge in [0.25, 0.3) is 0 Å². The zero-order valence-electron chi connectivity index (χ0n) is 9.26. The normalized spacial score (nSPS) is 10.8. The number of nitrogens with zero attached hydrogens (tertiary/aromatic N) is 3. The molecule has 1 aromatic carbocycles. The molecular formula is C10H7Br2N5O2. The Morgan fingerprint density at radius 1 is 1.42 bits per heavy atom. The van der Waals surface area contributed by atoms with Crippen LogP contribution in [0.3, 0.4) is 0 Å². The maximum Gasteiger partial charge on any atom is 0.363 e. The minimum absolute atomic E-state index is 0.0609. The summed E-state index contributed by atoms with van der Waals surface area (Å²) in [5.74, 6) is 0.263. The second-order valence-corrected chi connectivity index (χ2v) is 5.14. The highest BCUT2D eigenvalue weighted by Gasteiger charge is 2.05. The third-order valence-electron chi connectivity index (χ3n) is 2.01. The maximum atomic E-state index is 10.9. The molecule has 0 amide bonds. The summed E-state index contributed by atoms with van der Waals surface area (Å²) >= 11 is 6.52. The molecule has 3 N–H and O–H groups in total. The van der Waals surface area contributed by atoms with Crippen LogP contribution in [0.2, 0.25) is 0 Å². The van der Waals surface area contributed by atoms with Crippen LogP contribution in [0.15, 0.2) is 37.2 Å². The predicted molar refractivity (Wildman–Crippen MR) is 77.4 cm³/mol. The molecule has 19 heavy (non-hydrogen) atoms. The number of H-pyrrole nitrogens is 1. The molecule has 2 aromatic rings. The summed E-state index contributed by atoms with van der Waals surface area (Å²) < 4.78 is 1.33. The molecule has 0 aliphatic rings. The molecule has 0 fully saturated rings. The quantitative estimate of drug-likeness (QED) is 0.549. The SMILES string of the molecule is O=c1nc(N/N=C/c2cc(Br)cc(Br)c2O)cn[nH]1. The van der Waals surface area contributed by atoms with E-state index in [0.717, 1.165) is 4.47 Å². The number of benzene rings is 1. The Kier molecular flexibility index (Phi) is 4.27. The molecule has 1 aromatic heterocycles. The molecule has 0 bridgehead atoms. The van der Waals surface area contributed by atoms with Gasteiger partial charge in [0.15, 0.2) is 5.82 Å². The van der Waals surface area contributed by atoms with E-state index in [1.54, 1.807) is 12.1 Å². The Bertz CT molecular complexity index is 686. The highest BCUT2D eigenvalue weighted by Crippen LogP contribution is 2.30. The van der Waals surface area contributed by atoms with E-state index in [1.165, 1.54) is 12.4 Å². The van der Waals surface area contributed by atoms with Crippen molar-refractivity contribution < 1.29 is 5.11 Å². The van der Waals surface area contributed by atoms with E-state index in [0.29, 0.717) is 10.0 Å². The Labute approximate surface area is 124 Å². The van der Waals surface area contributed by atoms with Crippen molar-refractivity contribution in [3.63, 3.8) is 0 Å². The average Bonchev–Trinajstić information content (AvgIpc) is 2.35. The predicted octanol–water partition coefficient (Wildman–Crippen LogP) is 1.84. The van der Waals surface area contributed by atoms with Gasteiger partial charge in [-0.3, -0.25) is 5.43 Å². The highest BCUT2D eigenvalue weighted by atomic mass is 79.9. The monoisotopic (exact) mass is 387 g/mol. The fraction of sp³-hybridized carbons (Fsp3) is 0. The lowest BCUT2D eigenvalue weighted by Gasteiger charge is -2.02. The van der Waals surface area contributed by atoms with Crippen molar-refractivity contribution in [2.24, 2.45) is 5.10 Å². The lowest BCUT2D eigenvalue weighted by atomic mass is 10.2. The molecule has 0 atom stereocenters. The molecule has 9 heteroatoms. The third kappa shape index (κ3) is 3.61. The summed E-state index contributed by atoms with van der Waals surface area (Å²) in [6.07, 6.45) is 2.71. The van der Waals surface area contributed by atoms with Gasteiger partial charge in [-0.2, -0.15) is 15.2 Å². The van der Waals surface area contributed by atoms with Gasteiger partial charge in [0.1, 0.15) is 5.75 Å². The van der Waals surface area contributed by atoms with Gasteiger partial charge in [-0.05, 0) is 28.1 Å². The van der Waals surface area contributed by atoms with Gasteiger partial charge < -0.3 is 5.11 Å². The van der Waals surface area contributed by atoms with Crippen molar-refractivity contribution in [1.29, 1.82) is 0 Å². The molecule has 0 aliphatic carbocycles. The molecule has 98 valence electrons. The standard InChI is InChI=1S/C10H7Br2N5O2/c11-6-1-5(9(18)7(12)2-6)3-13-16-8-4-14-17-10(19)15-8/h1-4,18H,(H2,15,16,17,19)/b13-3+. The van der Waals surface area contributed by atoms with E-state index in [-0.39, 0.29) is 11.6 Å². The minimum atomic E-state index is -0.576. The van der Waals surface area contributed by atoms with E-state index in [1.807, 2.05) is 0 Å². The average molecular weight is 389 g/mol. The van der Waals surface area contributed by atoms with Crippen LogP contribution < -0.4 is 11.1 Å². The summed E-state index contributed by atoms with van der Waals surface area (Å²) in [6, 6.07) is 3.40. The molecule has 7 nitrogen and oxygen atoms in total. The lowest BCUT2D eigenvalue weighted by Crippen LogP contribution is -2.13. The van der Waals surface area contributed by atoms with Crippen molar-refractivity contribution in [2.75, 3.05) is 5.43 Å². The second kappa shape index (κ2) is 5.93. The van der Waals surface area contributed by atoms with Crippen molar-refractivity contribution in [3.05, 3.63) is 43.3 Å². The summed E-state index contributed by atoms with van der Waals surface area (Å²) in [4.78, 5) is 14.5. The van der Waals surface area contributed by atoms with Crippen molar-refractivity contribution in [1.82, 2.24) is 15.2 Å². The van der Waals surface area contributed by atoms with Gasteiger partial charge in [0.2, 0.25) is 0 Å². The summed E-state index contributed by atoms with van der Waals surface area (Å²) in [7, 11) is 0. The fourth-order valence-corrected chi connectivity index (χ4v) is 2.48. The lowest BCUT2D eigenvalue weighted by molar-refractivity contribution is 0.471. The smallest absolute Gasteiger partial charge is 0.363 e. The first kappa shape index (κ1) is 13.7. The summed E-state index contributed by atoms with van der Waals surface area (Å²) in [5.41, 5.74) is 2.45. The second-order valence-electron chi connectivity index (χ2n) is 3.37. The van der Waals surface area contributed by atoms with Gasteiger partial charge in [-0.15, -0.1) is 0 Å². The number of hydrogen-bond acceptors (Lipinski definition) is 6. The van der Waals surface area contributed by atoms with Crippen LogP contribution in [-0.4, -0.2) is 26.5 Å². The van der Waals surface area contributed by atoms with Crippen LogP contribution in [-0.2, 0) is 0 Å². The molecule has 0 saturated heterocycles. The van der Waals surface area contributed by atoms with Crippen molar-refractivity contribution >= 4 is 43.9 Å². The van der Waals surface area contributed by atoms with Crippen LogP contribution in [0, 0.1) is 0 Å². The van der Waals surface area contributed by atoms with Crippen LogP contribution in [0.1, 0.15) is 5.56 Å². The van der Waals surface area contributed by atoms with E-state index in [9.17, 15) is 9.90 Å². The van der Waals surface area contributed by atoms with Gasteiger partial charge in [0, 0.05) is 10.0 Å². The first-order valence-corrected chi connectivity index (χ1v) is 6.53. The molecule has 0 spiro atoms. The first-order chi connectivity index (χ1) is 9.06. The third-order valence-corrected chi connectivity index (χ3v) is 3.07. The van der Waals surface area contributed by atoms with E-state index in [2.05, 4.69) is 57.6 Å². The van der Waals surface area contributed by atoms with E-state index >= 15 is 0 Å². The van der Waals surface area contributed by atoms with Crippen LogP contribution >= 0.6 is 31.9 Å². The van der Waals surface area contributed by atoms with Gasteiger partial charge in [0.05, 0.1) is 16.9 Å². The number of halogens is 2. The fourth-order valence-electron chi connectivity index (χ4n) is 1.22. The number of anilines is 1. The molecular weight excluding hydrogens is 382 g/mol. The van der Waals surface area contributed by atoms with Crippen molar-refractivity contribution in [3.8, 4) is 5.75 Å². The number of phenols is 1. The van der Waals surface area contributed by atoms with Crippen LogP contribution in [0.4, 0.5) is 5.82 Å².